The zero-order valence-corrected chi connectivity index (χ0v) is 12.1. The fraction of sp³-hybridized carbons (Fsp3) is 0.429. The van der Waals surface area contributed by atoms with Gasteiger partial charge < -0.3 is 20.1 Å². The number of aliphatic carboxylic acids is 1. The SMILES string of the molecule is CCCN(CC(=O)O)C(=O)Nc1ccc(OCC)c(F)c1. The zero-order chi connectivity index (χ0) is 15.8. The number of hydrogen-bond acceptors (Lipinski definition) is 3. The molecule has 0 bridgehead atoms. The summed E-state index contributed by atoms with van der Waals surface area (Å²) in [4.78, 5) is 23.8. The summed E-state index contributed by atoms with van der Waals surface area (Å²) < 4.78 is 18.7. The van der Waals surface area contributed by atoms with E-state index in [1.54, 1.807) is 6.92 Å². The van der Waals surface area contributed by atoms with Crippen LogP contribution in [-0.4, -0.2) is 41.7 Å². The Bertz CT molecular complexity index is 508. The van der Waals surface area contributed by atoms with E-state index in [0.29, 0.717) is 19.6 Å². The van der Waals surface area contributed by atoms with Crippen molar-refractivity contribution in [2.24, 2.45) is 0 Å². The summed E-state index contributed by atoms with van der Waals surface area (Å²) in [5.74, 6) is -1.59. The second kappa shape index (κ2) is 8.08. The van der Waals surface area contributed by atoms with Gasteiger partial charge >= 0.3 is 12.0 Å². The number of carbonyl (C=O) groups is 2. The average Bonchev–Trinajstić information content (AvgIpc) is 2.41. The molecule has 0 spiro atoms. The van der Waals surface area contributed by atoms with Crippen LogP contribution in [0.25, 0.3) is 0 Å². The lowest BCUT2D eigenvalue weighted by Gasteiger charge is -2.20. The number of rotatable bonds is 7. The molecule has 1 aromatic carbocycles. The van der Waals surface area contributed by atoms with E-state index in [9.17, 15) is 14.0 Å². The maximum Gasteiger partial charge on any atom is 0.323 e. The monoisotopic (exact) mass is 298 g/mol. The molecule has 0 heterocycles. The molecule has 6 nitrogen and oxygen atoms in total. The Kier molecular flexibility index (Phi) is 6.45. The van der Waals surface area contributed by atoms with Crippen LogP contribution in [-0.2, 0) is 4.79 Å². The van der Waals surface area contributed by atoms with Gasteiger partial charge in [0.15, 0.2) is 11.6 Å². The maximum absolute atomic E-state index is 13.7. The van der Waals surface area contributed by atoms with Crippen molar-refractivity contribution in [1.29, 1.82) is 0 Å². The topological polar surface area (TPSA) is 78.9 Å². The fourth-order valence-corrected chi connectivity index (χ4v) is 1.74. The van der Waals surface area contributed by atoms with Crippen LogP contribution < -0.4 is 10.1 Å². The summed E-state index contributed by atoms with van der Waals surface area (Å²) in [5, 5.41) is 11.2. The van der Waals surface area contributed by atoms with Crippen LogP contribution in [0.2, 0.25) is 0 Å². The number of urea groups is 1. The molecule has 0 aliphatic carbocycles. The Morgan fingerprint density at radius 3 is 2.62 bits per heavy atom. The predicted molar refractivity (Wildman–Crippen MR) is 76.1 cm³/mol. The number of hydrogen-bond donors (Lipinski definition) is 2. The number of ether oxygens (including phenoxy) is 1. The number of carboxylic acid groups (broad SMARTS) is 1. The first kappa shape index (κ1) is 16.7. The van der Waals surface area contributed by atoms with Crippen LogP contribution in [0.1, 0.15) is 20.3 Å². The molecule has 1 aromatic rings. The number of anilines is 1. The normalized spacial score (nSPS) is 10.0. The summed E-state index contributed by atoms with van der Waals surface area (Å²) in [6, 6.07) is 3.46. The van der Waals surface area contributed by atoms with Crippen LogP contribution in [0.4, 0.5) is 14.9 Å². The minimum Gasteiger partial charge on any atom is -0.491 e. The van der Waals surface area contributed by atoms with Crippen LogP contribution in [0, 0.1) is 5.82 Å². The third-order valence-corrected chi connectivity index (χ3v) is 2.59. The van der Waals surface area contributed by atoms with E-state index in [1.807, 2.05) is 6.92 Å². The van der Waals surface area contributed by atoms with Crippen molar-refractivity contribution in [1.82, 2.24) is 4.90 Å². The van der Waals surface area contributed by atoms with Crippen molar-refractivity contribution in [3.63, 3.8) is 0 Å². The third kappa shape index (κ3) is 5.29. The van der Waals surface area contributed by atoms with Gasteiger partial charge in [-0.05, 0) is 25.5 Å². The van der Waals surface area contributed by atoms with Gasteiger partial charge in [0.2, 0.25) is 0 Å². The lowest BCUT2D eigenvalue weighted by Crippen LogP contribution is -2.39. The number of carbonyl (C=O) groups excluding carboxylic acids is 1. The van der Waals surface area contributed by atoms with E-state index < -0.39 is 24.4 Å². The van der Waals surface area contributed by atoms with Gasteiger partial charge in [-0.2, -0.15) is 0 Å². The van der Waals surface area contributed by atoms with Gasteiger partial charge in [0, 0.05) is 18.3 Å². The molecule has 0 radical (unpaired) electrons. The van der Waals surface area contributed by atoms with E-state index in [0.717, 1.165) is 11.0 Å². The lowest BCUT2D eigenvalue weighted by molar-refractivity contribution is -0.137. The highest BCUT2D eigenvalue weighted by atomic mass is 19.1. The molecule has 0 unspecified atom stereocenters. The third-order valence-electron chi connectivity index (χ3n) is 2.59. The molecule has 7 heteroatoms. The Balaban J connectivity index is 2.76. The standard InChI is InChI=1S/C14H19FN2O4/c1-3-7-17(9-13(18)19)14(20)16-10-5-6-12(21-4-2)11(15)8-10/h5-6,8H,3-4,7,9H2,1-2H3,(H,16,20)(H,18,19). The Hall–Kier alpha value is -2.31. The Labute approximate surface area is 122 Å². The number of amides is 2. The van der Waals surface area contributed by atoms with Crippen LogP contribution in [0.3, 0.4) is 0 Å². The highest BCUT2D eigenvalue weighted by molar-refractivity contribution is 5.91. The zero-order valence-electron chi connectivity index (χ0n) is 12.1. The highest BCUT2D eigenvalue weighted by Gasteiger charge is 2.16. The summed E-state index contributed by atoms with van der Waals surface area (Å²) in [7, 11) is 0. The fourth-order valence-electron chi connectivity index (χ4n) is 1.74. The Morgan fingerprint density at radius 1 is 1.38 bits per heavy atom. The van der Waals surface area contributed by atoms with Crippen molar-refractivity contribution in [2.75, 3.05) is 25.0 Å². The molecule has 0 atom stereocenters. The Morgan fingerprint density at radius 2 is 2.10 bits per heavy atom. The van der Waals surface area contributed by atoms with Crippen molar-refractivity contribution in [2.45, 2.75) is 20.3 Å². The van der Waals surface area contributed by atoms with Crippen LogP contribution in [0.15, 0.2) is 18.2 Å². The molecule has 0 saturated heterocycles. The van der Waals surface area contributed by atoms with Crippen molar-refractivity contribution < 1.29 is 23.8 Å². The predicted octanol–water partition coefficient (Wildman–Crippen LogP) is 2.55. The smallest absolute Gasteiger partial charge is 0.323 e. The van der Waals surface area contributed by atoms with Gasteiger partial charge in [-0.15, -0.1) is 0 Å². The molecule has 0 aliphatic heterocycles. The first-order chi connectivity index (χ1) is 9.97. The lowest BCUT2D eigenvalue weighted by atomic mass is 10.3. The maximum atomic E-state index is 13.7. The first-order valence-corrected chi connectivity index (χ1v) is 6.68. The molecule has 21 heavy (non-hydrogen) atoms. The van der Waals surface area contributed by atoms with Gasteiger partial charge in [0.1, 0.15) is 6.54 Å². The minimum atomic E-state index is -1.10. The van der Waals surface area contributed by atoms with E-state index in [2.05, 4.69) is 5.32 Å². The molecule has 0 fully saturated rings. The molecule has 2 amide bonds. The van der Waals surface area contributed by atoms with E-state index >= 15 is 0 Å². The van der Waals surface area contributed by atoms with E-state index in [-0.39, 0.29) is 11.4 Å². The summed E-state index contributed by atoms with van der Waals surface area (Å²) in [6.45, 7) is 3.81. The van der Waals surface area contributed by atoms with Gasteiger partial charge in [-0.3, -0.25) is 4.79 Å². The molecule has 116 valence electrons. The van der Waals surface area contributed by atoms with Crippen LogP contribution in [0.5, 0.6) is 5.75 Å². The van der Waals surface area contributed by atoms with Gasteiger partial charge in [-0.25, -0.2) is 9.18 Å². The molecule has 0 aromatic heterocycles. The summed E-state index contributed by atoms with van der Waals surface area (Å²) in [5.41, 5.74) is 0.243. The van der Waals surface area contributed by atoms with Crippen molar-refractivity contribution >= 4 is 17.7 Å². The largest absolute Gasteiger partial charge is 0.491 e. The van der Waals surface area contributed by atoms with Gasteiger partial charge in [0.25, 0.3) is 0 Å². The first-order valence-electron chi connectivity index (χ1n) is 6.68. The molecule has 2 N–H and O–H groups in total. The van der Waals surface area contributed by atoms with E-state index in [4.69, 9.17) is 9.84 Å². The number of nitrogens with one attached hydrogen (secondary N) is 1. The van der Waals surface area contributed by atoms with Crippen molar-refractivity contribution in [3.8, 4) is 5.75 Å². The second-order valence-corrected chi connectivity index (χ2v) is 4.32. The van der Waals surface area contributed by atoms with E-state index in [1.165, 1.54) is 12.1 Å². The number of halogens is 1. The van der Waals surface area contributed by atoms with Gasteiger partial charge in [-0.1, -0.05) is 6.92 Å². The second-order valence-electron chi connectivity index (χ2n) is 4.32. The van der Waals surface area contributed by atoms with Crippen molar-refractivity contribution in [3.05, 3.63) is 24.0 Å². The minimum absolute atomic E-state index is 0.103. The molecular weight excluding hydrogens is 279 g/mol. The summed E-state index contributed by atoms with van der Waals surface area (Å²) >= 11 is 0. The molecule has 1 rings (SSSR count). The summed E-state index contributed by atoms with van der Waals surface area (Å²) in [6.07, 6.45) is 0.623. The number of carboxylic acids is 1. The van der Waals surface area contributed by atoms with Crippen LogP contribution >= 0.6 is 0 Å². The average molecular weight is 298 g/mol. The molecule has 0 saturated carbocycles. The molecule has 0 aliphatic rings. The quantitative estimate of drug-likeness (QED) is 0.811. The molecular formula is C14H19FN2O4. The number of nitrogens with zero attached hydrogens (tertiary/aromatic N) is 1. The number of benzene rings is 1. The van der Waals surface area contributed by atoms with Gasteiger partial charge in [0.05, 0.1) is 6.61 Å². The highest BCUT2D eigenvalue weighted by Crippen LogP contribution is 2.21.